The van der Waals surface area contributed by atoms with Crippen molar-refractivity contribution in [1.29, 1.82) is 0 Å². The van der Waals surface area contributed by atoms with Crippen molar-refractivity contribution in [3.8, 4) is 0 Å². The zero-order valence-electron chi connectivity index (χ0n) is 6.52. The molecule has 12 heavy (non-hydrogen) atoms. The van der Waals surface area contributed by atoms with Gasteiger partial charge in [0.25, 0.3) is 0 Å². The van der Waals surface area contributed by atoms with Crippen molar-refractivity contribution in [2.24, 2.45) is 5.41 Å². The van der Waals surface area contributed by atoms with E-state index in [2.05, 4.69) is 4.74 Å². The predicted octanol–water partition coefficient (Wildman–Crippen LogP) is 3.50. The molecule has 2 nitrogen and oxygen atoms in total. The minimum atomic E-state index is -0.311. The van der Waals surface area contributed by atoms with Crippen LogP contribution in [0.5, 0.6) is 0 Å². The standard InChI is InChI=1S/C7H14O2.3CH4/c1-5-7(2,3)6(8)9-4;;;/h5H2,1-4H3;3*1H4. The maximum Gasteiger partial charge on any atom is 0.311 e. The van der Waals surface area contributed by atoms with Crippen molar-refractivity contribution in [3.05, 3.63) is 0 Å². The normalized spacial score (nSPS) is 8.33. The number of rotatable bonds is 2. The van der Waals surface area contributed by atoms with Gasteiger partial charge in [-0.25, -0.2) is 0 Å². The van der Waals surface area contributed by atoms with Crippen LogP contribution >= 0.6 is 0 Å². The van der Waals surface area contributed by atoms with Gasteiger partial charge in [-0.05, 0) is 20.3 Å². The second-order valence-electron chi connectivity index (χ2n) is 2.73. The van der Waals surface area contributed by atoms with Gasteiger partial charge >= 0.3 is 5.97 Å². The van der Waals surface area contributed by atoms with Gasteiger partial charge in [-0.1, -0.05) is 29.2 Å². The molecule has 0 radical (unpaired) electrons. The second kappa shape index (κ2) is 8.57. The fourth-order valence-corrected chi connectivity index (χ4v) is 0.421. The molecular weight excluding hydrogens is 152 g/mol. The summed E-state index contributed by atoms with van der Waals surface area (Å²) in [5.41, 5.74) is -0.311. The van der Waals surface area contributed by atoms with E-state index < -0.39 is 0 Å². The number of carbonyl (C=O) groups excluding carboxylic acids is 1. The quantitative estimate of drug-likeness (QED) is 0.605. The Balaban J connectivity index is -0.000000107. The van der Waals surface area contributed by atoms with Gasteiger partial charge in [0, 0.05) is 0 Å². The number of methoxy groups -OCH3 is 1. The van der Waals surface area contributed by atoms with E-state index in [0.717, 1.165) is 6.42 Å². The molecule has 0 aromatic carbocycles. The Hall–Kier alpha value is -0.530. The molecule has 0 aliphatic heterocycles. The molecule has 0 amide bonds. The van der Waals surface area contributed by atoms with E-state index >= 15 is 0 Å². The van der Waals surface area contributed by atoms with Gasteiger partial charge in [0.1, 0.15) is 0 Å². The van der Waals surface area contributed by atoms with Crippen LogP contribution < -0.4 is 0 Å². The first kappa shape index (κ1) is 22.5. The van der Waals surface area contributed by atoms with Crippen LogP contribution in [0.25, 0.3) is 0 Å². The van der Waals surface area contributed by atoms with E-state index in [-0.39, 0.29) is 33.7 Å². The first-order chi connectivity index (χ1) is 4.04. The smallest absolute Gasteiger partial charge is 0.311 e. The third-order valence-corrected chi connectivity index (χ3v) is 1.62. The van der Waals surface area contributed by atoms with Gasteiger partial charge < -0.3 is 4.74 Å². The van der Waals surface area contributed by atoms with Crippen LogP contribution in [0.3, 0.4) is 0 Å². The molecule has 0 aromatic rings. The lowest BCUT2D eigenvalue weighted by molar-refractivity contribution is -0.150. The molecule has 0 unspecified atom stereocenters. The molecule has 0 spiro atoms. The Morgan fingerprint density at radius 3 is 1.67 bits per heavy atom. The van der Waals surface area contributed by atoms with Gasteiger partial charge in [0.05, 0.1) is 12.5 Å². The summed E-state index contributed by atoms with van der Waals surface area (Å²) in [6.45, 7) is 5.72. The molecule has 0 fully saturated rings. The van der Waals surface area contributed by atoms with Crippen LogP contribution in [-0.4, -0.2) is 13.1 Å². The zero-order chi connectivity index (χ0) is 7.49. The van der Waals surface area contributed by atoms with Crippen molar-refractivity contribution in [1.82, 2.24) is 0 Å². The summed E-state index contributed by atoms with van der Waals surface area (Å²) in [5.74, 6) is -0.134. The molecule has 0 N–H and O–H groups in total. The second-order valence-corrected chi connectivity index (χ2v) is 2.73. The predicted molar refractivity (Wildman–Crippen MR) is 56.3 cm³/mol. The fraction of sp³-hybridized carbons (Fsp3) is 0.900. The summed E-state index contributed by atoms with van der Waals surface area (Å²) in [4.78, 5) is 10.8. The van der Waals surface area contributed by atoms with Crippen molar-refractivity contribution in [3.63, 3.8) is 0 Å². The van der Waals surface area contributed by atoms with E-state index in [1.54, 1.807) is 0 Å². The molecular formula is C10H26O2. The lowest BCUT2D eigenvalue weighted by Gasteiger charge is -2.17. The maximum absolute atomic E-state index is 10.8. The molecule has 0 saturated carbocycles. The highest BCUT2D eigenvalue weighted by atomic mass is 16.5. The minimum absolute atomic E-state index is 0. The Morgan fingerprint density at radius 2 is 1.58 bits per heavy atom. The number of hydrogen-bond donors (Lipinski definition) is 0. The Kier molecular flexibility index (Phi) is 16.1. The zero-order valence-corrected chi connectivity index (χ0v) is 6.52. The molecule has 0 saturated heterocycles. The molecule has 0 atom stereocenters. The van der Waals surface area contributed by atoms with E-state index in [4.69, 9.17) is 0 Å². The Morgan fingerprint density at radius 1 is 1.25 bits per heavy atom. The van der Waals surface area contributed by atoms with Gasteiger partial charge in [0.15, 0.2) is 0 Å². The Bertz CT molecular complexity index is 106. The molecule has 0 rings (SSSR count). The van der Waals surface area contributed by atoms with Gasteiger partial charge in [-0.3, -0.25) is 4.79 Å². The van der Waals surface area contributed by atoms with Crippen molar-refractivity contribution in [2.75, 3.05) is 7.11 Å². The first-order valence-electron chi connectivity index (χ1n) is 3.13. The number of ether oxygens (including phenoxy) is 1. The summed E-state index contributed by atoms with van der Waals surface area (Å²) in [5, 5.41) is 0. The third kappa shape index (κ3) is 6.20. The van der Waals surface area contributed by atoms with Gasteiger partial charge in [-0.15, -0.1) is 0 Å². The Labute approximate surface area is 78.3 Å². The van der Waals surface area contributed by atoms with Crippen molar-refractivity contribution < 1.29 is 9.53 Å². The van der Waals surface area contributed by atoms with Crippen molar-refractivity contribution >= 4 is 5.97 Å². The number of esters is 1. The van der Waals surface area contributed by atoms with Crippen molar-refractivity contribution in [2.45, 2.75) is 49.5 Å². The average molecular weight is 178 g/mol. The molecule has 2 heteroatoms. The summed E-state index contributed by atoms with van der Waals surface area (Å²) in [6.07, 6.45) is 0.819. The molecule has 0 aliphatic rings. The summed E-state index contributed by atoms with van der Waals surface area (Å²) in [7, 11) is 1.42. The largest absolute Gasteiger partial charge is 0.469 e. The highest BCUT2D eigenvalue weighted by Gasteiger charge is 2.25. The topological polar surface area (TPSA) is 26.3 Å². The molecule has 0 bridgehead atoms. The molecule has 0 aromatic heterocycles. The molecule has 0 heterocycles. The van der Waals surface area contributed by atoms with Crippen LogP contribution in [0.1, 0.15) is 49.5 Å². The maximum atomic E-state index is 10.8. The van der Waals surface area contributed by atoms with E-state index in [1.165, 1.54) is 7.11 Å². The summed E-state index contributed by atoms with van der Waals surface area (Å²) >= 11 is 0. The fourth-order valence-electron chi connectivity index (χ4n) is 0.421. The van der Waals surface area contributed by atoms with Crippen LogP contribution in [0, 0.1) is 5.41 Å². The third-order valence-electron chi connectivity index (χ3n) is 1.62. The minimum Gasteiger partial charge on any atom is -0.469 e. The summed E-state index contributed by atoms with van der Waals surface area (Å²) < 4.78 is 4.57. The lowest BCUT2D eigenvalue weighted by atomic mass is 9.91. The van der Waals surface area contributed by atoms with Crippen LogP contribution in [0.4, 0.5) is 0 Å². The summed E-state index contributed by atoms with van der Waals surface area (Å²) in [6, 6.07) is 0. The van der Waals surface area contributed by atoms with Crippen LogP contribution in [0.2, 0.25) is 0 Å². The van der Waals surface area contributed by atoms with Gasteiger partial charge in [-0.2, -0.15) is 0 Å². The molecule has 78 valence electrons. The van der Waals surface area contributed by atoms with Gasteiger partial charge in [0.2, 0.25) is 0 Å². The monoisotopic (exact) mass is 178 g/mol. The first-order valence-corrected chi connectivity index (χ1v) is 3.13. The van der Waals surface area contributed by atoms with Crippen LogP contribution in [-0.2, 0) is 9.53 Å². The average Bonchev–Trinajstić information content (AvgIpc) is 1.86. The SMILES string of the molecule is C.C.C.CCC(C)(C)C(=O)OC. The van der Waals surface area contributed by atoms with Crippen LogP contribution in [0.15, 0.2) is 0 Å². The number of carbonyl (C=O) groups is 1. The highest BCUT2D eigenvalue weighted by molar-refractivity contribution is 5.75. The number of hydrogen-bond acceptors (Lipinski definition) is 2. The van der Waals surface area contributed by atoms with E-state index in [9.17, 15) is 4.79 Å². The highest BCUT2D eigenvalue weighted by Crippen LogP contribution is 2.20. The molecule has 0 aliphatic carbocycles. The van der Waals surface area contributed by atoms with E-state index in [1.807, 2.05) is 20.8 Å². The lowest BCUT2D eigenvalue weighted by Crippen LogP contribution is -2.24. The van der Waals surface area contributed by atoms with E-state index in [0.29, 0.717) is 0 Å².